The molecule has 7 nitrogen and oxygen atoms in total. The highest BCUT2D eigenvalue weighted by atomic mass is 19.2. The molecule has 0 saturated heterocycles. The first-order valence-corrected chi connectivity index (χ1v) is 10.2. The molecule has 0 saturated carbocycles. The van der Waals surface area contributed by atoms with Crippen molar-refractivity contribution in [1.82, 2.24) is 19.4 Å². The van der Waals surface area contributed by atoms with Crippen LogP contribution in [-0.4, -0.2) is 36.9 Å². The SMILES string of the molecule is Cc1cc(OCc2c(F)ccc(F)c2F)n2nc(C)c(C(=O)Cc3cnn(CCO)c3)c2c1. The fraction of sp³-hybridized carbons (Fsp3) is 0.261. The number of aromatic nitrogens is 4. The van der Waals surface area contributed by atoms with E-state index >= 15 is 0 Å². The molecule has 0 amide bonds. The third kappa shape index (κ3) is 4.47. The zero-order chi connectivity index (χ0) is 23.7. The molecule has 1 N–H and O–H groups in total. The van der Waals surface area contributed by atoms with E-state index in [0.29, 0.717) is 34.9 Å². The summed E-state index contributed by atoms with van der Waals surface area (Å²) in [6, 6.07) is 4.92. The van der Waals surface area contributed by atoms with Crippen LogP contribution in [0.15, 0.2) is 36.7 Å². The Morgan fingerprint density at radius 2 is 1.91 bits per heavy atom. The number of aryl methyl sites for hydroxylation is 2. The van der Waals surface area contributed by atoms with Crippen molar-refractivity contribution >= 4 is 11.3 Å². The number of carbonyl (C=O) groups is 1. The summed E-state index contributed by atoms with van der Waals surface area (Å²) in [4.78, 5) is 13.1. The summed E-state index contributed by atoms with van der Waals surface area (Å²) in [6.45, 7) is 3.18. The average molecular weight is 458 g/mol. The minimum Gasteiger partial charge on any atom is -0.473 e. The van der Waals surface area contributed by atoms with Crippen molar-refractivity contribution in [2.75, 3.05) is 6.61 Å². The molecule has 10 heteroatoms. The first-order valence-electron chi connectivity index (χ1n) is 10.2. The van der Waals surface area contributed by atoms with Crippen LogP contribution in [0.2, 0.25) is 0 Å². The van der Waals surface area contributed by atoms with Crippen LogP contribution in [0.4, 0.5) is 13.2 Å². The summed E-state index contributed by atoms with van der Waals surface area (Å²) in [6.07, 6.45) is 3.34. The molecule has 4 aromatic rings. The number of pyridine rings is 1. The molecule has 33 heavy (non-hydrogen) atoms. The molecule has 4 rings (SSSR count). The van der Waals surface area contributed by atoms with Crippen molar-refractivity contribution in [3.8, 4) is 5.88 Å². The topological polar surface area (TPSA) is 81.7 Å². The Labute approximate surface area is 187 Å². The van der Waals surface area contributed by atoms with Gasteiger partial charge in [0.15, 0.2) is 17.4 Å². The molecule has 0 aliphatic carbocycles. The van der Waals surface area contributed by atoms with Crippen LogP contribution in [0.3, 0.4) is 0 Å². The summed E-state index contributed by atoms with van der Waals surface area (Å²) in [7, 11) is 0. The van der Waals surface area contributed by atoms with E-state index in [1.54, 1.807) is 43.1 Å². The van der Waals surface area contributed by atoms with Crippen LogP contribution in [0.1, 0.15) is 32.7 Å². The Morgan fingerprint density at radius 3 is 2.67 bits per heavy atom. The van der Waals surface area contributed by atoms with Crippen molar-refractivity contribution in [2.24, 2.45) is 0 Å². The molecule has 3 aromatic heterocycles. The van der Waals surface area contributed by atoms with E-state index in [1.807, 2.05) is 0 Å². The van der Waals surface area contributed by atoms with E-state index in [1.165, 1.54) is 4.52 Å². The molecular weight excluding hydrogens is 437 g/mol. The Kier molecular flexibility index (Phi) is 6.19. The predicted molar refractivity (Wildman–Crippen MR) is 113 cm³/mol. The molecule has 0 atom stereocenters. The molecule has 0 spiro atoms. The van der Waals surface area contributed by atoms with Gasteiger partial charge < -0.3 is 9.84 Å². The van der Waals surface area contributed by atoms with Gasteiger partial charge in [-0.05, 0) is 43.2 Å². The number of aliphatic hydroxyl groups is 1. The van der Waals surface area contributed by atoms with Crippen LogP contribution in [0.5, 0.6) is 5.88 Å². The van der Waals surface area contributed by atoms with Crippen LogP contribution in [0.25, 0.3) is 5.52 Å². The molecule has 172 valence electrons. The van der Waals surface area contributed by atoms with Crippen LogP contribution >= 0.6 is 0 Å². The second-order valence-corrected chi connectivity index (χ2v) is 7.67. The number of halogens is 3. The highest BCUT2D eigenvalue weighted by Crippen LogP contribution is 2.26. The Hall–Kier alpha value is -3.66. The monoisotopic (exact) mass is 458 g/mol. The van der Waals surface area contributed by atoms with Crippen molar-refractivity contribution in [2.45, 2.75) is 33.4 Å². The molecular formula is C23H21F3N4O3. The van der Waals surface area contributed by atoms with E-state index < -0.39 is 29.6 Å². The zero-order valence-electron chi connectivity index (χ0n) is 18.0. The predicted octanol–water partition coefficient (Wildman–Crippen LogP) is 3.56. The number of hydrogen-bond acceptors (Lipinski definition) is 5. The first kappa shape index (κ1) is 22.5. The highest BCUT2D eigenvalue weighted by Gasteiger charge is 2.21. The fourth-order valence-electron chi connectivity index (χ4n) is 3.65. The quantitative estimate of drug-likeness (QED) is 0.323. The molecule has 0 aliphatic rings. The smallest absolute Gasteiger partial charge is 0.215 e. The van der Waals surface area contributed by atoms with Gasteiger partial charge in [0.2, 0.25) is 5.88 Å². The number of hydrogen-bond donors (Lipinski definition) is 1. The number of nitrogens with zero attached hydrogens (tertiary/aromatic N) is 4. The molecule has 0 aliphatic heterocycles. The summed E-state index contributed by atoms with van der Waals surface area (Å²) in [5.41, 5.74) is 2.22. The molecule has 3 heterocycles. The van der Waals surface area contributed by atoms with E-state index in [2.05, 4.69) is 10.2 Å². The summed E-state index contributed by atoms with van der Waals surface area (Å²) in [5, 5.41) is 17.5. The maximum Gasteiger partial charge on any atom is 0.215 e. The average Bonchev–Trinajstić information content (AvgIpc) is 3.34. The number of carbonyl (C=O) groups excluding carboxylic acids is 1. The van der Waals surface area contributed by atoms with Gasteiger partial charge >= 0.3 is 0 Å². The largest absolute Gasteiger partial charge is 0.473 e. The zero-order valence-corrected chi connectivity index (χ0v) is 18.0. The summed E-state index contributed by atoms with van der Waals surface area (Å²) >= 11 is 0. The van der Waals surface area contributed by atoms with Gasteiger partial charge in [-0.3, -0.25) is 9.48 Å². The lowest BCUT2D eigenvalue weighted by atomic mass is 10.0. The van der Waals surface area contributed by atoms with Gasteiger partial charge in [0.05, 0.1) is 41.7 Å². The molecule has 0 unspecified atom stereocenters. The van der Waals surface area contributed by atoms with Gasteiger partial charge in [-0.2, -0.15) is 10.2 Å². The van der Waals surface area contributed by atoms with Crippen LogP contribution in [-0.2, 0) is 19.6 Å². The lowest BCUT2D eigenvalue weighted by Crippen LogP contribution is -2.07. The lowest BCUT2D eigenvalue weighted by Gasteiger charge is -2.11. The van der Waals surface area contributed by atoms with Gasteiger partial charge in [-0.25, -0.2) is 17.7 Å². The van der Waals surface area contributed by atoms with Crippen molar-refractivity contribution in [3.63, 3.8) is 0 Å². The number of ether oxygens (including phenoxy) is 1. The number of Topliss-reactive ketones (excluding diaryl/α,β-unsaturated/α-hetero) is 1. The van der Waals surface area contributed by atoms with E-state index in [-0.39, 0.29) is 24.7 Å². The van der Waals surface area contributed by atoms with Gasteiger partial charge in [0.25, 0.3) is 0 Å². The number of ketones is 1. The normalized spacial score (nSPS) is 11.3. The minimum absolute atomic E-state index is 0.0618. The van der Waals surface area contributed by atoms with Gasteiger partial charge in [-0.15, -0.1) is 0 Å². The van der Waals surface area contributed by atoms with Gasteiger partial charge in [-0.1, -0.05) is 0 Å². The first-order chi connectivity index (χ1) is 15.8. The van der Waals surface area contributed by atoms with E-state index in [0.717, 1.165) is 11.6 Å². The second kappa shape index (κ2) is 9.07. The number of aliphatic hydroxyl groups excluding tert-OH is 1. The third-order valence-corrected chi connectivity index (χ3v) is 5.18. The Bertz CT molecular complexity index is 1350. The number of fused-ring (bicyclic) bond motifs is 1. The minimum atomic E-state index is -1.31. The second-order valence-electron chi connectivity index (χ2n) is 7.67. The summed E-state index contributed by atoms with van der Waals surface area (Å²) < 4.78 is 50.0. The Morgan fingerprint density at radius 1 is 1.15 bits per heavy atom. The van der Waals surface area contributed by atoms with Gasteiger partial charge in [0.1, 0.15) is 12.4 Å². The highest BCUT2D eigenvalue weighted by molar-refractivity contribution is 6.04. The van der Waals surface area contributed by atoms with E-state index in [4.69, 9.17) is 9.84 Å². The Balaban J connectivity index is 1.65. The lowest BCUT2D eigenvalue weighted by molar-refractivity contribution is 0.0994. The number of benzene rings is 1. The molecule has 0 fully saturated rings. The van der Waals surface area contributed by atoms with Crippen molar-refractivity contribution in [3.05, 3.63) is 82.1 Å². The maximum absolute atomic E-state index is 14.0. The molecule has 1 aromatic carbocycles. The maximum atomic E-state index is 14.0. The van der Waals surface area contributed by atoms with Gasteiger partial charge in [0, 0.05) is 18.7 Å². The van der Waals surface area contributed by atoms with Crippen molar-refractivity contribution < 1.29 is 27.8 Å². The fourth-order valence-corrected chi connectivity index (χ4v) is 3.65. The van der Waals surface area contributed by atoms with E-state index in [9.17, 15) is 18.0 Å². The third-order valence-electron chi connectivity index (χ3n) is 5.18. The molecule has 0 bridgehead atoms. The molecule has 0 radical (unpaired) electrons. The van der Waals surface area contributed by atoms with Crippen molar-refractivity contribution in [1.29, 1.82) is 0 Å². The standard InChI is InChI=1S/C23H21F3N4O3/c1-13-7-19-22(20(32)9-15-10-27-29(11-15)5-6-31)14(2)28-30(19)21(8-13)33-12-16-17(24)3-4-18(25)23(16)26/h3-4,7-8,10-11,31H,5-6,9,12H2,1-2H3. The van der Waals surface area contributed by atoms with Crippen LogP contribution in [0, 0.1) is 31.3 Å². The number of rotatable bonds is 8. The summed E-state index contributed by atoms with van der Waals surface area (Å²) in [5.74, 6) is -3.44. The van der Waals surface area contributed by atoms with Crippen LogP contribution < -0.4 is 4.74 Å².